The number of nitro groups is 1. The zero-order chi connectivity index (χ0) is 22.3. The van der Waals surface area contributed by atoms with Crippen molar-refractivity contribution in [1.82, 2.24) is 5.32 Å². The number of benzene rings is 2. The molecule has 0 bridgehead atoms. The Labute approximate surface area is 173 Å². The van der Waals surface area contributed by atoms with Crippen molar-refractivity contribution < 1.29 is 29.1 Å². The number of amides is 1. The second-order valence-electron chi connectivity index (χ2n) is 7.56. The number of ether oxygens (including phenoxy) is 2. The fourth-order valence-electron chi connectivity index (χ4n) is 2.60. The monoisotopic (exact) mass is 416 g/mol. The summed E-state index contributed by atoms with van der Waals surface area (Å²) in [5, 5.41) is 23.1. The number of hydrogen-bond acceptors (Lipinski definition) is 6. The van der Waals surface area contributed by atoms with E-state index in [1.807, 2.05) is 30.3 Å². The molecular weight excluding hydrogens is 392 g/mol. The van der Waals surface area contributed by atoms with Crippen LogP contribution in [-0.4, -0.2) is 33.7 Å². The molecule has 9 nitrogen and oxygen atoms in total. The highest BCUT2D eigenvalue weighted by atomic mass is 16.6. The van der Waals surface area contributed by atoms with Crippen LogP contribution in [0.3, 0.4) is 0 Å². The average Bonchev–Trinajstić information content (AvgIpc) is 2.65. The van der Waals surface area contributed by atoms with Crippen LogP contribution < -0.4 is 10.1 Å². The highest BCUT2D eigenvalue weighted by Crippen LogP contribution is 2.26. The number of alkyl carbamates (subject to hydrolysis) is 1. The summed E-state index contributed by atoms with van der Waals surface area (Å²) in [4.78, 5) is 34.3. The molecule has 0 heterocycles. The standard InChI is InChI=1S/C21H24N2O7/c1-21(2,3)30-20(26)22-17(19(24)25)12-15-11-16(9-10-18(15)23(27)28)29-13-14-7-5-4-6-8-14/h4-11,17H,12-13H2,1-3H3,(H,22,26)(H,24,25)/t17-/m0/s1. The number of nitrogens with zero attached hydrogens (tertiary/aromatic N) is 1. The lowest BCUT2D eigenvalue weighted by atomic mass is 10.0. The predicted molar refractivity (Wildman–Crippen MR) is 108 cm³/mol. The molecule has 160 valence electrons. The van der Waals surface area contributed by atoms with E-state index < -0.39 is 28.6 Å². The van der Waals surface area contributed by atoms with Crippen LogP contribution in [0, 0.1) is 10.1 Å². The van der Waals surface area contributed by atoms with Crippen LogP contribution in [0.4, 0.5) is 10.5 Å². The van der Waals surface area contributed by atoms with E-state index in [1.165, 1.54) is 18.2 Å². The molecule has 0 aliphatic rings. The molecule has 0 aliphatic heterocycles. The fraction of sp³-hybridized carbons (Fsp3) is 0.333. The summed E-state index contributed by atoms with van der Waals surface area (Å²) in [7, 11) is 0. The zero-order valence-corrected chi connectivity index (χ0v) is 17.0. The minimum atomic E-state index is -1.41. The number of nitrogens with one attached hydrogen (secondary N) is 1. The fourth-order valence-corrected chi connectivity index (χ4v) is 2.60. The first-order chi connectivity index (χ1) is 14.0. The van der Waals surface area contributed by atoms with Gasteiger partial charge in [-0.25, -0.2) is 9.59 Å². The normalized spacial score (nSPS) is 12.0. The Balaban J connectivity index is 2.19. The Morgan fingerprint density at radius 1 is 1.17 bits per heavy atom. The number of rotatable bonds is 8. The first-order valence-corrected chi connectivity index (χ1v) is 9.21. The van der Waals surface area contributed by atoms with Crippen LogP contribution in [0.25, 0.3) is 0 Å². The van der Waals surface area contributed by atoms with Crippen LogP contribution in [0.1, 0.15) is 31.9 Å². The lowest BCUT2D eigenvalue weighted by Gasteiger charge is -2.22. The van der Waals surface area contributed by atoms with Crippen molar-refractivity contribution in [2.24, 2.45) is 0 Å². The number of hydrogen-bond donors (Lipinski definition) is 2. The Morgan fingerprint density at radius 3 is 2.40 bits per heavy atom. The molecule has 2 rings (SSSR count). The van der Waals surface area contributed by atoms with E-state index in [-0.39, 0.29) is 24.3 Å². The molecule has 2 N–H and O–H groups in total. The van der Waals surface area contributed by atoms with Crippen molar-refractivity contribution in [2.75, 3.05) is 0 Å². The van der Waals surface area contributed by atoms with Gasteiger partial charge in [-0.05, 0) is 38.5 Å². The number of carbonyl (C=O) groups excluding carboxylic acids is 1. The van der Waals surface area contributed by atoms with Crippen molar-refractivity contribution >= 4 is 17.7 Å². The minimum absolute atomic E-state index is 0.119. The molecule has 0 radical (unpaired) electrons. The maximum Gasteiger partial charge on any atom is 0.408 e. The van der Waals surface area contributed by atoms with E-state index in [1.54, 1.807) is 20.8 Å². The topological polar surface area (TPSA) is 128 Å². The molecule has 0 aromatic heterocycles. The first kappa shape index (κ1) is 22.7. The highest BCUT2D eigenvalue weighted by molar-refractivity contribution is 5.80. The van der Waals surface area contributed by atoms with E-state index >= 15 is 0 Å². The van der Waals surface area contributed by atoms with Crippen LogP contribution in [-0.2, 0) is 22.6 Å². The Bertz CT molecular complexity index is 907. The van der Waals surface area contributed by atoms with Gasteiger partial charge in [0.25, 0.3) is 5.69 Å². The van der Waals surface area contributed by atoms with E-state index in [4.69, 9.17) is 9.47 Å². The molecule has 0 aliphatic carbocycles. The van der Waals surface area contributed by atoms with Crippen molar-refractivity contribution in [3.05, 3.63) is 69.8 Å². The second kappa shape index (κ2) is 9.73. The van der Waals surface area contributed by atoms with Crippen molar-refractivity contribution in [3.8, 4) is 5.75 Å². The number of carbonyl (C=O) groups is 2. The molecule has 1 amide bonds. The van der Waals surface area contributed by atoms with Crippen molar-refractivity contribution in [3.63, 3.8) is 0 Å². The van der Waals surface area contributed by atoms with E-state index in [0.29, 0.717) is 5.75 Å². The van der Waals surface area contributed by atoms with Gasteiger partial charge in [0.1, 0.15) is 24.0 Å². The van der Waals surface area contributed by atoms with Gasteiger partial charge in [-0.1, -0.05) is 30.3 Å². The maximum atomic E-state index is 12.0. The third-order valence-electron chi connectivity index (χ3n) is 3.91. The largest absolute Gasteiger partial charge is 0.489 e. The van der Waals surface area contributed by atoms with Gasteiger partial charge in [0.2, 0.25) is 0 Å². The van der Waals surface area contributed by atoms with Gasteiger partial charge >= 0.3 is 12.1 Å². The molecule has 0 saturated carbocycles. The predicted octanol–water partition coefficient (Wildman–Crippen LogP) is 3.69. The van der Waals surface area contributed by atoms with Gasteiger partial charge in [0.15, 0.2) is 0 Å². The maximum absolute atomic E-state index is 12.0. The molecule has 0 fully saturated rings. The smallest absolute Gasteiger partial charge is 0.408 e. The molecule has 2 aromatic rings. The van der Waals surface area contributed by atoms with Crippen LogP contribution in [0.2, 0.25) is 0 Å². The van der Waals surface area contributed by atoms with E-state index in [0.717, 1.165) is 5.56 Å². The summed E-state index contributed by atoms with van der Waals surface area (Å²) in [6, 6.07) is 12.0. The summed E-state index contributed by atoms with van der Waals surface area (Å²) in [5.41, 5.74) is -0.0506. The molecule has 9 heteroatoms. The summed E-state index contributed by atoms with van der Waals surface area (Å²) < 4.78 is 10.7. The number of carboxylic acids is 1. The number of carboxylic acid groups (broad SMARTS) is 1. The van der Waals surface area contributed by atoms with Gasteiger partial charge in [0.05, 0.1) is 4.92 Å². The summed E-state index contributed by atoms with van der Waals surface area (Å²) >= 11 is 0. The van der Waals surface area contributed by atoms with Crippen molar-refractivity contribution in [1.29, 1.82) is 0 Å². The Morgan fingerprint density at radius 2 is 1.83 bits per heavy atom. The van der Waals surface area contributed by atoms with Gasteiger partial charge in [0, 0.05) is 18.1 Å². The highest BCUT2D eigenvalue weighted by Gasteiger charge is 2.27. The molecule has 0 spiro atoms. The summed E-state index contributed by atoms with van der Waals surface area (Å²) in [6.07, 6.45) is -1.23. The number of aliphatic carboxylic acids is 1. The third kappa shape index (κ3) is 7.08. The lowest BCUT2D eigenvalue weighted by molar-refractivity contribution is -0.385. The first-order valence-electron chi connectivity index (χ1n) is 9.21. The molecule has 2 aromatic carbocycles. The molecule has 0 saturated heterocycles. The summed E-state index contributed by atoms with van der Waals surface area (Å²) in [5.74, 6) is -0.994. The molecule has 0 unspecified atom stereocenters. The SMILES string of the molecule is CC(C)(C)OC(=O)N[C@@H](Cc1cc(OCc2ccccc2)ccc1[N+](=O)[O-])C(=O)O. The van der Waals surface area contributed by atoms with Gasteiger partial charge in [-0.15, -0.1) is 0 Å². The number of nitro benzene ring substituents is 1. The van der Waals surface area contributed by atoms with Gasteiger partial charge in [-0.3, -0.25) is 10.1 Å². The summed E-state index contributed by atoms with van der Waals surface area (Å²) in [6.45, 7) is 5.17. The van der Waals surface area contributed by atoms with Crippen LogP contribution in [0.15, 0.2) is 48.5 Å². The Hall–Kier alpha value is -3.62. The third-order valence-corrected chi connectivity index (χ3v) is 3.91. The van der Waals surface area contributed by atoms with Crippen LogP contribution in [0.5, 0.6) is 5.75 Å². The van der Waals surface area contributed by atoms with Gasteiger partial charge in [-0.2, -0.15) is 0 Å². The Kier molecular flexibility index (Phi) is 7.35. The van der Waals surface area contributed by atoms with Crippen molar-refractivity contribution in [2.45, 2.75) is 45.4 Å². The van der Waals surface area contributed by atoms with Crippen LogP contribution >= 0.6 is 0 Å². The van der Waals surface area contributed by atoms with E-state index in [2.05, 4.69) is 5.32 Å². The quantitative estimate of drug-likeness (QED) is 0.496. The lowest BCUT2D eigenvalue weighted by Crippen LogP contribution is -2.44. The zero-order valence-electron chi connectivity index (χ0n) is 17.0. The second-order valence-corrected chi connectivity index (χ2v) is 7.56. The molecule has 1 atom stereocenters. The molecule has 30 heavy (non-hydrogen) atoms. The minimum Gasteiger partial charge on any atom is -0.489 e. The molecular formula is C21H24N2O7. The average molecular weight is 416 g/mol. The van der Waals surface area contributed by atoms with Gasteiger partial charge < -0.3 is 19.9 Å². The van der Waals surface area contributed by atoms with E-state index in [9.17, 15) is 24.8 Å².